The number of anilines is 4. The van der Waals surface area contributed by atoms with Crippen molar-refractivity contribution < 1.29 is 4.79 Å². The molecule has 1 amide bonds. The molecule has 2 fully saturated rings. The molecule has 0 atom stereocenters. The second-order valence-electron chi connectivity index (χ2n) is 9.49. The van der Waals surface area contributed by atoms with Crippen LogP contribution in [0, 0.1) is 5.92 Å². The van der Waals surface area contributed by atoms with Gasteiger partial charge in [0.2, 0.25) is 5.91 Å². The quantitative estimate of drug-likeness (QED) is 0.432. The lowest BCUT2D eigenvalue weighted by atomic mass is 10.1. The average Bonchev–Trinajstić information content (AvgIpc) is 3.64. The first-order chi connectivity index (χ1) is 17.1. The minimum absolute atomic E-state index is 0.128. The van der Waals surface area contributed by atoms with Crippen molar-refractivity contribution in [2.75, 3.05) is 48.3 Å². The number of amides is 1. The van der Waals surface area contributed by atoms with Crippen LogP contribution in [0.5, 0.6) is 0 Å². The molecule has 1 aliphatic carbocycles. The van der Waals surface area contributed by atoms with Crippen LogP contribution >= 0.6 is 0 Å². The van der Waals surface area contributed by atoms with E-state index in [0.717, 1.165) is 86.5 Å². The van der Waals surface area contributed by atoms with Gasteiger partial charge in [-0.05, 0) is 55.1 Å². The number of carbonyl (C=O) groups is 1. The molecule has 0 unspecified atom stereocenters. The van der Waals surface area contributed by atoms with Gasteiger partial charge in [-0.2, -0.15) is 0 Å². The number of H-pyrrole nitrogens is 1. The van der Waals surface area contributed by atoms with Crippen LogP contribution in [0.15, 0.2) is 42.6 Å². The first kappa shape index (κ1) is 23.4. The van der Waals surface area contributed by atoms with Gasteiger partial charge in [-0.15, -0.1) is 0 Å². The highest BCUT2D eigenvalue weighted by Gasteiger charge is 2.29. The smallest absolute Gasteiger partial charge is 0.227 e. The molecule has 8 nitrogen and oxygen atoms in total. The normalized spacial score (nSPS) is 16.3. The summed E-state index contributed by atoms with van der Waals surface area (Å²) in [5.74, 6) is 3.79. The molecule has 0 bridgehead atoms. The molecule has 3 aromatic rings. The van der Waals surface area contributed by atoms with Gasteiger partial charge in [-0.3, -0.25) is 4.79 Å². The average molecular weight is 474 g/mol. The summed E-state index contributed by atoms with van der Waals surface area (Å²) in [7, 11) is 0. The van der Waals surface area contributed by atoms with Crippen LogP contribution in [0.1, 0.15) is 43.6 Å². The van der Waals surface area contributed by atoms with E-state index < -0.39 is 0 Å². The van der Waals surface area contributed by atoms with Crippen LogP contribution in [0.3, 0.4) is 0 Å². The van der Waals surface area contributed by atoms with Crippen LogP contribution in [-0.2, 0) is 17.6 Å². The van der Waals surface area contributed by atoms with Gasteiger partial charge >= 0.3 is 0 Å². The van der Waals surface area contributed by atoms with Crippen LogP contribution in [0.25, 0.3) is 0 Å². The summed E-state index contributed by atoms with van der Waals surface area (Å²) in [6.07, 6.45) is 5.64. The number of nitrogens with one attached hydrogen (secondary N) is 3. The fraction of sp³-hybridized carbons (Fsp3) is 0.444. The van der Waals surface area contributed by atoms with Gasteiger partial charge in [-0.1, -0.05) is 26.0 Å². The van der Waals surface area contributed by atoms with Gasteiger partial charge in [0.1, 0.15) is 23.3 Å². The Balaban J connectivity index is 1.34. The van der Waals surface area contributed by atoms with E-state index >= 15 is 0 Å². The fourth-order valence-electron chi connectivity index (χ4n) is 4.41. The third-order valence-electron chi connectivity index (χ3n) is 6.85. The van der Waals surface area contributed by atoms with Crippen molar-refractivity contribution in [3.8, 4) is 0 Å². The van der Waals surface area contributed by atoms with E-state index in [2.05, 4.69) is 45.3 Å². The zero-order valence-corrected chi connectivity index (χ0v) is 20.7. The Hall–Kier alpha value is -3.39. The number of piperazine rings is 1. The number of hydrogen-bond acceptors (Lipinski definition) is 6. The topological polar surface area (TPSA) is 89.2 Å². The van der Waals surface area contributed by atoms with Crippen LogP contribution in [0.4, 0.5) is 23.1 Å². The second-order valence-corrected chi connectivity index (χ2v) is 9.49. The number of aromatic nitrogens is 3. The van der Waals surface area contributed by atoms with E-state index in [1.807, 2.05) is 36.5 Å². The van der Waals surface area contributed by atoms with Crippen molar-refractivity contribution in [3.05, 3.63) is 59.5 Å². The Morgan fingerprint density at radius 3 is 2.46 bits per heavy atom. The van der Waals surface area contributed by atoms with Crippen LogP contribution in [0.2, 0.25) is 0 Å². The lowest BCUT2D eigenvalue weighted by Gasteiger charge is -2.35. The minimum Gasteiger partial charge on any atom is -0.354 e. The summed E-state index contributed by atoms with van der Waals surface area (Å²) in [5.41, 5.74) is 3.21. The lowest BCUT2D eigenvalue weighted by Crippen LogP contribution is -2.46. The van der Waals surface area contributed by atoms with Gasteiger partial charge in [0.25, 0.3) is 0 Å². The van der Waals surface area contributed by atoms with E-state index in [-0.39, 0.29) is 11.8 Å². The molecule has 1 saturated heterocycles. The second kappa shape index (κ2) is 10.5. The third kappa shape index (κ3) is 6.00. The first-order valence-corrected chi connectivity index (χ1v) is 12.8. The molecular formula is C27H35N7O. The van der Waals surface area contributed by atoms with Gasteiger partial charge in [-0.25, -0.2) is 9.97 Å². The van der Waals surface area contributed by atoms with Crippen LogP contribution < -0.4 is 15.5 Å². The fourth-order valence-corrected chi connectivity index (χ4v) is 4.41. The van der Waals surface area contributed by atoms with Gasteiger partial charge < -0.3 is 25.4 Å². The number of benzene rings is 1. The standard InChI is InChI=1S/C27H35N7O/c1-3-19-15-23(28-18-19)30-25-17-26(34-13-11-33(4-2)12-14-34)32-24(31-25)16-20-5-9-22(10-6-20)29-27(35)21-7-8-21/h5-6,9-10,15,17-18,21,28H,3-4,7-8,11-14,16H2,1-2H3,(H,29,35)(H,30,31,32). The molecule has 2 aliphatic rings. The van der Waals surface area contributed by atoms with Crippen molar-refractivity contribution in [1.82, 2.24) is 19.9 Å². The highest BCUT2D eigenvalue weighted by molar-refractivity contribution is 5.94. The first-order valence-electron chi connectivity index (χ1n) is 12.8. The van der Waals surface area contributed by atoms with E-state index in [4.69, 9.17) is 9.97 Å². The monoisotopic (exact) mass is 473 g/mol. The predicted molar refractivity (Wildman–Crippen MR) is 140 cm³/mol. The number of carbonyl (C=O) groups excluding carboxylic acids is 1. The summed E-state index contributed by atoms with van der Waals surface area (Å²) in [5, 5.41) is 6.44. The van der Waals surface area contributed by atoms with Gasteiger partial charge in [0, 0.05) is 56.5 Å². The Morgan fingerprint density at radius 1 is 1.03 bits per heavy atom. The molecule has 184 valence electrons. The van der Waals surface area contributed by atoms with E-state index in [1.165, 1.54) is 5.56 Å². The lowest BCUT2D eigenvalue weighted by molar-refractivity contribution is -0.117. The molecule has 1 saturated carbocycles. The zero-order valence-electron chi connectivity index (χ0n) is 20.7. The molecule has 2 aromatic heterocycles. The number of aryl methyl sites for hydroxylation is 1. The summed E-state index contributed by atoms with van der Waals surface area (Å²) >= 11 is 0. The Morgan fingerprint density at radius 2 is 1.80 bits per heavy atom. The molecule has 3 N–H and O–H groups in total. The largest absolute Gasteiger partial charge is 0.354 e. The van der Waals surface area contributed by atoms with Crippen molar-refractivity contribution in [3.63, 3.8) is 0 Å². The van der Waals surface area contributed by atoms with Gasteiger partial charge in [0.05, 0.1) is 0 Å². The number of nitrogens with zero attached hydrogens (tertiary/aromatic N) is 4. The Labute approximate surface area is 207 Å². The van der Waals surface area contributed by atoms with Crippen molar-refractivity contribution >= 4 is 29.0 Å². The number of hydrogen-bond donors (Lipinski definition) is 3. The van der Waals surface area contributed by atoms with Crippen molar-refractivity contribution in [1.29, 1.82) is 0 Å². The summed E-state index contributed by atoms with van der Waals surface area (Å²) in [4.78, 5) is 29.9. The third-order valence-corrected chi connectivity index (χ3v) is 6.85. The predicted octanol–water partition coefficient (Wildman–Crippen LogP) is 4.19. The van der Waals surface area contributed by atoms with Gasteiger partial charge in [0.15, 0.2) is 0 Å². The summed E-state index contributed by atoms with van der Waals surface area (Å²) < 4.78 is 0. The SMILES string of the molecule is CCc1c[nH]c(Nc2cc(N3CCN(CC)CC3)nc(Cc3ccc(NC(=O)C4CC4)cc3)n2)c1. The number of likely N-dealkylation sites (N-methyl/N-ethyl adjacent to an activating group) is 1. The van der Waals surface area contributed by atoms with Crippen LogP contribution in [-0.4, -0.2) is 58.5 Å². The Kier molecular flexibility index (Phi) is 6.99. The van der Waals surface area contributed by atoms with E-state index in [9.17, 15) is 4.79 Å². The highest BCUT2D eigenvalue weighted by atomic mass is 16.2. The van der Waals surface area contributed by atoms with Crippen molar-refractivity contribution in [2.24, 2.45) is 5.92 Å². The maximum absolute atomic E-state index is 12.0. The highest BCUT2D eigenvalue weighted by Crippen LogP contribution is 2.30. The van der Waals surface area contributed by atoms with E-state index in [0.29, 0.717) is 6.42 Å². The summed E-state index contributed by atoms with van der Waals surface area (Å²) in [6, 6.07) is 12.2. The summed E-state index contributed by atoms with van der Waals surface area (Å²) in [6.45, 7) is 9.45. The Bertz CT molecular complexity index is 1140. The molecule has 3 heterocycles. The maximum Gasteiger partial charge on any atom is 0.227 e. The molecule has 1 aromatic carbocycles. The molecular weight excluding hydrogens is 438 g/mol. The van der Waals surface area contributed by atoms with Crippen molar-refractivity contribution in [2.45, 2.75) is 39.5 Å². The molecule has 0 spiro atoms. The maximum atomic E-state index is 12.0. The molecule has 0 radical (unpaired) electrons. The molecule has 35 heavy (non-hydrogen) atoms. The zero-order chi connectivity index (χ0) is 24.2. The number of rotatable bonds is 9. The number of aromatic amines is 1. The molecule has 5 rings (SSSR count). The molecule has 1 aliphatic heterocycles. The minimum atomic E-state index is 0.128. The molecule has 8 heteroatoms. The van der Waals surface area contributed by atoms with E-state index in [1.54, 1.807) is 0 Å².